The Balaban J connectivity index is 1.78. The smallest absolute Gasteiger partial charge is 0.293 e. The molecular weight excluding hydrogens is 196 g/mol. The lowest BCUT2D eigenvalue weighted by Crippen LogP contribution is -2.46. The summed E-state index contributed by atoms with van der Waals surface area (Å²) in [6.45, 7) is 1.58. The summed E-state index contributed by atoms with van der Waals surface area (Å²) >= 11 is 0. The van der Waals surface area contributed by atoms with E-state index in [1.807, 2.05) is 0 Å². The lowest BCUT2D eigenvalue weighted by atomic mass is 9.59. The number of carbonyl (C=O) groups is 2. The Labute approximate surface area is 87.9 Å². The Kier molecular flexibility index (Phi) is 1.68. The molecule has 0 radical (unpaired) electrons. The first-order valence-electron chi connectivity index (χ1n) is 5.42. The van der Waals surface area contributed by atoms with Crippen LogP contribution in [0.3, 0.4) is 0 Å². The van der Waals surface area contributed by atoms with Crippen molar-refractivity contribution in [2.75, 3.05) is 6.61 Å². The zero-order valence-electron chi connectivity index (χ0n) is 8.48. The Morgan fingerprint density at radius 2 is 2.13 bits per heavy atom. The number of fused-ring (bicyclic) bond motifs is 2. The average Bonchev–Trinajstić information content (AvgIpc) is 2.87. The molecule has 82 valence electrons. The molecule has 0 aliphatic heterocycles. The topological polar surface area (TPSA) is 52.6 Å². The van der Waals surface area contributed by atoms with Crippen LogP contribution in [0, 0.1) is 16.7 Å². The van der Waals surface area contributed by atoms with Crippen molar-refractivity contribution in [2.45, 2.75) is 31.8 Å². The number of rotatable bonds is 5. The maximum absolute atomic E-state index is 10.4. The summed E-state index contributed by atoms with van der Waals surface area (Å²) in [5.74, 6) is 0.431. The fourth-order valence-electron chi connectivity index (χ4n) is 4.50. The largest absolute Gasteiger partial charge is 0.468 e. The van der Waals surface area contributed by atoms with Crippen molar-refractivity contribution in [3.8, 4) is 0 Å². The summed E-state index contributed by atoms with van der Waals surface area (Å²) in [4.78, 5) is 20.6. The van der Waals surface area contributed by atoms with Crippen LogP contribution < -0.4 is 0 Å². The minimum Gasteiger partial charge on any atom is -0.468 e. The minimum absolute atomic E-state index is 0.0732. The second-order valence-corrected chi connectivity index (χ2v) is 5.18. The van der Waals surface area contributed by atoms with Crippen LogP contribution in [0.5, 0.6) is 0 Å². The monoisotopic (exact) mass is 210 g/mol. The molecule has 0 N–H and O–H groups in total. The molecule has 4 atom stereocenters. The van der Waals surface area contributed by atoms with Crippen LogP contribution in [0.4, 0.5) is 0 Å². The van der Waals surface area contributed by atoms with Crippen molar-refractivity contribution < 1.29 is 19.1 Å². The SMILES string of the molecule is O=COC[C@H]1C23CCC1(C2)[C@H](OC=O)C3. The Morgan fingerprint density at radius 3 is 2.80 bits per heavy atom. The molecule has 15 heavy (non-hydrogen) atoms. The highest BCUT2D eigenvalue weighted by atomic mass is 16.5. The van der Waals surface area contributed by atoms with E-state index < -0.39 is 0 Å². The molecule has 0 saturated heterocycles. The van der Waals surface area contributed by atoms with Gasteiger partial charge in [0.25, 0.3) is 12.9 Å². The van der Waals surface area contributed by atoms with E-state index in [1.54, 1.807) is 0 Å². The molecule has 5 saturated carbocycles. The zero-order chi connectivity index (χ0) is 10.5. The van der Waals surface area contributed by atoms with Crippen LogP contribution >= 0.6 is 0 Å². The van der Waals surface area contributed by atoms with Gasteiger partial charge in [-0.1, -0.05) is 0 Å². The van der Waals surface area contributed by atoms with E-state index in [2.05, 4.69) is 0 Å². The normalized spacial score (nSPS) is 49.6. The van der Waals surface area contributed by atoms with E-state index in [1.165, 1.54) is 6.42 Å². The first-order chi connectivity index (χ1) is 7.27. The summed E-state index contributed by atoms with van der Waals surface area (Å²) in [6.07, 6.45) is 4.53. The third-order valence-corrected chi connectivity index (χ3v) is 4.99. The summed E-state index contributed by atoms with van der Waals surface area (Å²) < 4.78 is 10.1. The Hall–Kier alpha value is -1.06. The first-order valence-corrected chi connectivity index (χ1v) is 5.42. The van der Waals surface area contributed by atoms with Crippen LogP contribution in [0.2, 0.25) is 0 Å². The standard InChI is InChI=1S/C11H14O4/c12-6-14-4-8-10-1-2-11(8,5-10)9(3-10)15-7-13/h6-9H,1-5H2/t8-,9+,10?,11?/m0/s1. The lowest BCUT2D eigenvalue weighted by Gasteiger charge is -2.46. The molecule has 0 aromatic heterocycles. The van der Waals surface area contributed by atoms with E-state index in [4.69, 9.17) is 9.47 Å². The number of carbonyl (C=O) groups excluding carboxylic acids is 2. The number of hydrogen-bond acceptors (Lipinski definition) is 4. The molecule has 2 bridgehead atoms. The molecule has 4 nitrogen and oxygen atoms in total. The second kappa shape index (κ2) is 2.74. The summed E-state index contributed by atoms with van der Waals surface area (Å²) in [7, 11) is 0. The van der Waals surface area contributed by atoms with Gasteiger partial charge >= 0.3 is 0 Å². The van der Waals surface area contributed by atoms with Gasteiger partial charge in [-0.3, -0.25) is 9.59 Å². The minimum atomic E-state index is 0.0732. The van der Waals surface area contributed by atoms with Crippen LogP contribution in [0.15, 0.2) is 0 Å². The fourth-order valence-corrected chi connectivity index (χ4v) is 4.50. The second-order valence-electron chi connectivity index (χ2n) is 5.18. The van der Waals surface area contributed by atoms with Crippen molar-refractivity contribution in [1.82, 2.24) is 0 Å². The molecular formula is C11H14O4. The summed E-state index contributed by atoms with van der Waals surface area (Å²) in [5.41, 5.74) is 0.459. The molecule has 5 aliphatic carbocycles. The van der Waals surface area contributed by atoms with Crippen molar-refractivity contribution in [1.29, 1.82) is 0 Å². The lowest BCUT2D eigenvalue weighted by molar-refractivity contribution is -0.146. The fraction of sp³-hybridized carbons (Fsp3) is 0.818. The van der Waals surface area contributed by atoms with E-state index in [0.717, 1.165) is 19.3 Å². The van der Waals surface area contributed by atoms with Gasteiger partial charge in [0.2, 0.25) is 0 Å². The number of ether oxygens (including phenoxy) is 2. The quantitative estimate of drug-likeness (QED) is 0.632. The molecule has 5 aliphatic rings. The zero-order valence-corrected chi connectivity index (χ0v) is 8.48. The van der Waals surface area contributed by atoms with Gasteiger partial charge in [-0.15, -0.1) is 0 Å². The predicted molar refractivity (Wildman–Crippen MR) is 49.8 cm³/mol. The van der Waals surface area contributed by atoms with Crippen molar-refractivity contribution in [2.24, 2.45) is 16.7 Å². The van der Waals surface area contributed by atoms with Gasteiger partial charge in [-0.05, 0) is 31.1 Å². The van der Waals surface area contributed by atoms with E-state index in [0.29, 0.717) is 30.9 Å². The highest BCUT2D eigenvalue weighted by Gasteiger charge is 2.78. The molecule has 0 amide bonds. The highest BCUT2D eigenvalue weighted by molar-refractivity contribution is 5.40. The van der Waals surface area contributed by atoms with Gasteiger partial charge in [0.15, 0.2) is 0 Å². The van der Waals surface area contributed by atoms with Crippen molar-refractivity contribution in [3.63, 3.8) is 0 Å². The molecule has 5 fully saturated rings. The van der Waals surface area contributed by atoms with Crippen molar-refractivity contribution in [3.05, 3.63) is 0 Å². The van der Waals surface area contributed by atoms with Gasteiger partial charge in [0, 0.05) is 11.3 Å². The first kappa shape index (κ1) is 9.19. The third kappa shape index (κ3) is 0.880. The van der Waals surface area contributed by atoms with Gasteiger partial charge in [-0.25, -0.2) is 0 Å². The summed E-state index contributed by atoms with van der Waals surface area (Å²) in [6, 6.07) is 0. The Morgan fingerprint density at radius 1 is 1.27 bits per heavy atom. The molecule has 2 unspecified atom stereocenters. The van der Waals surface area contributed by atoms with Crippen LogP contribution in [-0.4, -0.2) is 25.7 Å². The van der Waals surface area contributed by atoms with Gasteiger partial charge < -0.3 is 9.47 Å². The van der Waals surface area contributed by atoms with E-state index >= 15 is 0 Å². The van der Waals surface area contributed by atoms with E-state index in [9.17, 15) is 9.59 Å². The van der Waals surface area contributed by atoms with E-state index in [-0.39, 0.29) is 11.5 Å². The van der Waals surface area contributed by atoms with Crippen LogP contribution in [-0.2, 0) is 19.1 Å². The molecule has 4 heteroatoms. The molecule has 0 aromatic rings. The average molecular weight is 210 g/mol. The van der Waals surface area contributed by atoms with Crippen LogP contribution in [0.1, 0.15) is 25.7 Å². The van der Waals surface area contributed by atoms with Gasteiger partial charge in [-0.2, -0.15) is 0 Å². The summed E-state index contributed by atoms with van der Waals surface area (Å²) in [5, 5.41) is 0. The number of hydrogen-bond donors (Lipinski definition) is 0. The molecule has 0 heterocycles. The Bertz CT molecular complexity index is 316. The van der Waals surface area contributed by atoms with Gasteiger partial charge in [0.1, 0.15) is 6.10 Å². The molecule has 5 rings (SSSR count). The third-order valence-electron chi connectivity index (χ3n) is 4.99. The highest BCUT2D eigenvalue weighted by Crippen LogP contribution is 2.80. The van der Waals surface area contributed by atoms with Crippen molar-refractivity contribution >= 4 is 12.9 Å². The predicted octanol–water partition coefficient (Wildman–Crippen LogP) is 0.891. The van der Waals surface area contributed by atoms with Gasteiger partial charge in [0.05, 0.1) is 6.61 Å². The molecule has 0 aromatic carbocycles. The maximum Gasteiger partial charge on any atom is 0.293 e. The molecule has 0 spiro atoms. The van der Waals surface area contributed by atoms with Crippen LogP contribution in [0.25, 0.3) is 0 Å². The maximum atomic E-state index is 10.4.